The van der Waals surface area contributed by atoms with Gasteiger partial charge in [0, 0.05) is 23.1 Å². The van der Waals surface area contributed by atoms with Crippen molar-refractivity contribution >= 4 is 39.2 Å². The van der Waals surface area contributed by atoms with Gasteiger partial charge in [-0.05, 0) is 47.1 Å². The predicted octanol–water partition coefficient (Wildman–Crippen LogP) is 4.07. The molecule has 0 radical (unpaired) electrons. The number of halogens is 1. The maximum absolute atomic E-state index is 12.0. The number of hydrogen-bond acceptors (Lipinski definition) is 4. The van der Waals surface area contributed by atoms with E-state index in [-0.39, 0.29) is 18.3 Å². The summed E-state index contributed by atoms with van der Waals surface area (Å²) in [5.74, 6) is -0.485. The topological polar surface area (TPSA) is 67.4 Å². The van der Waals surface area contributed by atoms with Crippen molar-refractivity contribution in [3.8, 4) is 0 Å². The van der Waals surface area contributed by atoms with Crippen LogP contribution in [-0.2, 0) is 9.53 Å². The number of ether oxygens (including phenoxy) is 1. The minimum absolute atomic E-state index is 0.108. The summed E-state index contributed by atoms with van der Waals surface area (Å²) in [6, 6.07) is 14.5. The molecule has 0 aromatic heterocycles. The number of nitrogens with one attached hydrogen (secondary N) is 2. The first-order valence-electron chi connectivity index (χ1n) is 7.66. The zero-order valence-corrected chi connectivity index (χ0v) is 14.9. The summed E-state index contributed by atoms with van der Waals surface area (Å²) in [4.78, 5) is 23.9. The minimum atomic E-state index is -0.377. The van der Waals surface area contributed by atoms with E-state index in [1.54, 1.807) is 25.1 Å². The molecule has 0 atom stereocenters. The van der Waals surface area contributed by atoms with Gasteiger partial charge in [-0.1, -0.05) is 24.3 Å². The molecule has 0 spiro atoms. The van der Waals surface area contributed by atoms with Gasteiger partial charge in [-0.3, -0.25) is 4.79 Å². The molecule has 6 heteroatoms. The molecule has 24 heavy (non-hydrogen) atoms. The molecule has 0 bridgehead atoms. The third-order valence-corrected chi connectivity index (χ3v) is 3.93. The van der Waals surface area contributed by atoms with Gasteiger partial charge in [0.25, 0.3) is 0 Å². The van der Waals surface area contributed by atoms with Crippen molar-refractivity contribution in [1.82, 2.24) is 0 Å². The number of para-hydroxylation sites is 2. The van der Waals surface area contributed by atoms with E-state index >= 15 is 0 Å². The Kier molecular flexibility index (Phi) is 6.81. The largest absolute Gasteiger partial charge is 0.462 e. The highest BCUT2D eigenvalue weighted by Gasteiger charge is 2.12. The van der Waals surface area contributed by atoms with Crippen molar-refractivity contribution in [3.63, 3.8) is 0 Å². The molecule has 0 aliphatic rings. The van der Waals surface area contributed by atoms with Gasteiger partial charge in [0.2, 0.25) is 5.91 Å². The van der Waals surface area contributed by atoms with E-state index in [2.05, 4.69) is 26.6 Å². The van der Waals surface area contributed by atoms with E-state index in [1.165, 1.54) is 0 Å². The highest BCUT2D eigenvalue weighted by molar-refractivity contribution is 9.10. The van der Waals surface area contributed by atoms with Gasteiger partial charge >= 0.3 is 5.97 Å². The van der Waals surface area contributed by atoms with Crippen LogP contribution in [0.5, 0.6) is 0 Å². The first kappa shape index (κ1) is 18.0. The molecule has 0 saturated carbocycles. The molecule has 2 aromatic rings. The average Bonchev–Trinajstić information content (AvgIpc) is 2.57. The van der Waals surface area contributed by atoms with Crippen LogP contribution in [0.4, 0.5) is 11.4 Å². The first-order chi connectivity index (χ1) is 11.6. The van der Waals surface area contributed by atoms with E-state index in [0.717, 1.165) is 10.2 Å². The third-order valence-electron chi connectivity index (χ3n) is 3.24. The Balaban J connectivity index is 1.89. The highest BCUT2D eigenvalue weighted by Crippen LogP contribution is 2.21. The van der Waals surface area contributed by atoms with E-state index in [1.807, 2.05) is 30.3 Å². The molecule has 2 aromatic carbocycles. The van der Waals surface area contributed by atoms with E-state index in [4.69, 9.17) is 4.74 Å². The number of hydrogen-bond donors (Lipinski definition) is 2. The van der Waals surface area contributed by atoms with Crippen LogP contribution in [0.3, 0.4) is 0 Å². The van der Waals surface area contributed by atoms with Gasteiger partial charge in [-0.25, -0.2) is 4.79 Å². The molecule has 1 amide bonds. The number of rotatable bonds is 7. The lowest BCUT2D eigenvalue weighted by molar-refractivity contribution is -0.115. The van der Waals surface area contributed by atoms with Crippen molar-refractivity contribution in [2.75, 3.05) is 23.8 Å². The maximum atomic E-state index is 12.0. The summed E-state index contributed by atoms with van der Waals surface area (Å²) >= 11 is 3.39. The van der Waals surface area contributed by atoms with Crippen LogP contribution in [0.15, 0.2) is 53.0 Å². The van der Waals surface area contributed by atoms with Gasteiger partial charge in [-0.15, -0.1) is 0 Å². The number of carbonyl (C=O) groups is 2. The van der Waals surface area contributed by atoms with Crippen molar-refractivity contribution in [1.29, 1.82) is 0 Å². The van der Waals surface area contributed by atoms with Crippen molar-refractivity contribution < 1.29 is 14.3 Å². The second kappa shape index (κ2) is 9.08. The predicted molar refractivity (Wildman–Crippen MR) is 98.3 cm³/mol. The lowest BCUT2D eigenvalue weighted by Gasteiger charge is -2.11. The summed E-state index contributed by atoms with van der Waals surface area (Å²) in [7, 11) is 0. The fourth-order valence-electron chi connectivity index (χ4n) is 2.11. The second-order valence-electron chi connectivity index (χ2n) is 4.97. The Morgan fingerprint density at radius 2 is 1.71 bits per heavy atom. The van der Waals surface area contributed by atoms with E-state index in [0.29, 0.717) is 24.4 Å². The monoisotopic (exact) mass is 390 g/mol. The Morgan fingerprint density at radius 3 is 2.42 bits per heavy atom. The number of benzene rings is 2. The van der Waals surface area contributed by atoms with E-state index in [9.17, 15) is 9.59 Å². The van der Waals surface area contributed by atoms with Crippen LogP contribution in [-0.4, -0.2) is 25.0 Å². The zero-order chi connectivity index (χ0) is 17.4. The fourth-order valence-corrected chi connectivity index (χ4v) is 2.49. The summed E-state index contributed by atoms with van der Waals surface area (Å²) in [5.41, 5.74) is 1.85. The van der Waals surface area contributed by atoms with Gasteiger partial charge in [-0.2, -0.15) is 0 Å². The minimum Gasteiger partial charge on any atom is -0.462 e. The molecular formula is C18H19BrN2O3. The molecular weight excluding hydrogens is 372 g/mol. The molecule has 0 aliphatic heterocycles. The van der Waals surface area contributed by atoms with Crippen molar-refractivity contribution in [2.45, 2.75) is 13.3 Å². The fraction of sp³-hybridized carbons (Fsp3) is 0.222. The van der Waals surface area contributed by atoms with E-state index < -0.39 is 0 Å². The number of amides is 1. The van der Waals surface area contributed by atoms with Gasteiger partial charge in [0.1, 0.15) is 0 Å². The van der Waals surface area contributed by atoms with Crippen LogP contribution in [0.1, 0.15) is 23.7 Å². The lowest BCUT2D eigenvalue weighted by atomic mass is 10.1. The maximum Gasteiger partial charge on any atom is 0.340 e. The lowest BCUT2D eigenvalue weighted by Crippen LogP contribution is -2.17. The molecule has 5 nitrogen and oxygen atoms in total. The molecule has 0 heterocycles. The average molecular weight is 391 g/mol. The number of anilines is 2. The van der Waals surface area contributed by atoms with Crippen LogP contribution >= 0.6 is 15.9 Å². The Bertz CT molecular complexity index is 719. The number of esters is 1. The van der Waals surface area contributed by atoms with Crippen LogP contribution < -0.4 is 10.6 Å². The van der Waals surface area contributed by atoms with Gasteiger partial charge in [0.05, 0.1) is 17.9 Å². The Hall–Kier alpha value is -2.34. The van der Waals surface area contributed by atoms with Gasteiger partial charge in [0.15, 0.2) is 0 Å². The third kappa shape index (κ3) is 5.09. The molecule has 0 aliphatic carbocycles. The number of carbonyl (C=O) groups excluding carboxylic acids is 2. The van der Waals surface area contributed by atoms with Crippen LogP contribution in [0, 0.1) is 0 Å². The van der Waals surface area contributed by atoms with Gasteiger partial charge < -0.3 is 15.4 Å². The molecule has 0 unspecified atom stereocenters. The van der Waals surface area contributed by atoms with Crippen LogP contribution in [0.2, 0.25) is 0 Å². The molecule has 0 fully saturated rings. The molecule has 126 valence electrons. The normalized spacial score (nSPS) is 10.1. The molecule has 2 rings (SSSR count). The summed E-state index contributed by atoms with van der Waals surface area (Å²) in [5, 5.41) is 5.95. The Morgan fingerprint density at radius 1 is 1.04 bits per heavy atom. The van der Waals surface area contributed by atoms with Crippen LogP contribution in [0.25, 0.3) is 0 Å². The quantitative estimate of drug-likeness (QED) is 0.699. The SMILES string of the molecule is CCOC(=O)c1ccccc1NCCC(=O)Nc1ccccc1Br. The zero-order valence-electron chi connectivity index (χ0n) is 13.3. The first-order valence-corrected chi connectivity index (χ1v) is 8.45. The summed E-state index contributed by atoms with van der Waals surface area (Å²) in [6.45, 7) is 2.49. The summed E-state index contributed by atoms with van der Waals surface area (Å²) < 4.78 is 5.86. The smallest absolute Gasteiger partial charge is 0.340 e. The molecule has 2 N–H and O–H groups in total. The second-order valence-corrected chi connectivity index (χ2v) is 5.83. The van der Waals surface area contributed by atoms with Crippen molar-refractivity contribution in [2.24, 2.45) is 0 Å². The van der Waals surface area contributed by atoms with Crippen molar-refractivity contribution in [3.05, 3.63) is 58.6 Å². The Labute approximate surface area is 149 Å². The molecule has 0 saturated heterocycles. The highest BCUT2D eigenvalue weighted by atomic mass is 79.9. The standard InChI is InChI=1S/C18H19BrN2O3/c1-2-24-18(23)13-7-3-5-9-15(13)20-12-11-17(22)21-16-10-6-4-8-14(16)19/h3-10,20H,2,11-12H2,1H3,(H,21,22). The summed E-state index contributed by atoms with van der Waals surface area (Å²) in [6.07, 6.45) is 0.276.